The predicted octanol–water partition coefficient (Wildman–Crippen LogP) is 3.54. The number of nitrogens with zero attached hydrogens (tertiary/aromatic N) is 2. The first kappa shape index (κ1) is 25.4. The second-order valence-corrected chi connectivity index (χ2v) is 8.13. The van der Waals surface area contributed by atoms with E-state index in [4.69, 9.17) is 9.47 Å². The summed E-state index contributed by atoms with van der Waals surface area (Å²) in [5, 5.41) is 7.07. The van der Waals surface area contributed by atoms with Crippen molar-refractivity contribution < 1.29 is 9.47 Å². The van der Waals surface area contributed by atoms with Gasteiger partial charge in [-0.15, -0.1) is 24.0 Å². The highest BCUT2D eigenvalue weighted by molar-refractivity contribution is 14.0. The number of halogens is 1. The number of likely N-dealkylation sites (tertiary alicyclic amines) is 1. The molecule has 2 heterocycles. The van der Waals surface area contributed by atoms with E-state index in [1.54, 1.807) is 0 Å². The standard InChI is InChI=1S/C23H38N4O2.HI/c1-3-11-27-12-7-21(8-13-27)26-23(24-2)25-17-19-5-4-6-20(16-19)18-29-22-9-14-28-15-10-22;/h4-6,16,21-22H,3,7-15,17-18H2,1-2H3,(H2,24,25,26);1H. The molecular formula is C23H39IN4O2. The van der Waals surface area contributed by atoms with Crippen LogP contribution in [0, 0.1) is 0 Å². The van der Waals surface area contributed by atoms with Crippen molar-refractivity contribution in [3.05, 3.63) is 35.4 Å². The van der Waals surface area contributed by atoms with Gasteiger partial charge in [-0.3, -0.25) is 4.99 Å². The molecule has 0 spiro atoms. The molecule has 0 amide bonds. The molecule has 2 fully saturated rings. The number of ether oxygens (including phenoxy) is 2. The average Bonchev–Trinajstić information content (AvgIpc) is 2.77. The van der Waals surface area contributed by atoms with Crippen molar-refractivity contribution in [2.75, 3.05) is 39.9 Å². The number of benzene rings is 1. The largest absolute Gasteiger partial charge is 0.381 e. The Morgan fingerprint density at radius 1 is 1.17 bits per heavy atom. The van der Waals surface area contributed by atoms with E-state index in [9.17, 15) is 0 Å². The summed E-state index contributed by atoms with van der Waals surface area (Å²) in [7, 11) is 1.85. The second kappa shape index (κ2) is 14.2. The Balaban J connectivity index is 0.00000320. The molecule has 170 valence electrons. The number of nitrogens with one attached hydrogen (secondary N) is 2. The van der Waals surface area contributed by atoms with Gasteiger partial charge in [0.2, 0.25) is 0 Å². The van der Waals surface area contributed by atoms with Gasteiger partial charge in [0.1, 0.15) is 0 Å². The number of guanidine groups is 1. The van der Waals surface area contributed by atoms with Crippen molar-refractivity contribution >= 4 is 29.9 Å². The van der Waals surface area contributed by atoms with E-state index < -0.39 is 0 Å². The van der Waals surface area contributed by atoms with Gasteiger partial charge in [-0.2, -0.15) is 0 Å². The van der Waals surface area contributed by atoms with Gasteiger partial charge >= 0.3 is 0 Å². The number of aliphatic imine (C=N–C) groups is 1. The Hall–Kier alpha value is -0.900. The van der Waals surface area contributed by atoms with Gasteiger partial charge < -0.3 is 25.0 Å². The molecule has 0 atom stereocenters. The molecule has 0 aliphatic carbocycles. The summed E-state index contributed by atoms with van der Waals surface area (Å²) in [5.41, 5.74) is 2.47. The van der Waals surface area contributed by atoms with Crippen LogP contribution in [0.5, 0.6) is 0 Å². The van der Waals surface area contributed by atoms with E-state index in [0.717, 1.165) is 38.6 Å². The van der Waals surface area contributed by atoms with E-state index in [0.29, 0.717) is 18.8 Å². The molecule has 2 aliphatic heterocycles. The molecule has 2 saturated heterocycles. The molecular weight excluding hydrogens is 491 g/mol. The van der Waals surface area contributed by atoms with Crippen LogP contribution in [-0.4, -0.2) is 62.9 Å². The molecule has 3 rings (SSSR count). The lowest BCUT2D eigenvalue weighted by atomic mass is 10.1. The number of hydrogen-bond acceptors (Lipinski definition) is 4. The van der Waals surface area contributed by atoms with Gasteiger partial charge in [-0.25, -0.2) is 0 Å². The van der Waals surface area contributed by atoms with Crippen LogP contribution in [0.25, 0.3) is 0 Å². The van der Waals surface area contributed by atoms with Crippen molar-refractivity contribution in [2.24, 2.45) is 4.99 Å². The zero-order valence-electron chi connectivity index (χ0n) is 18.6. The smallest absolute Gasteiger partial charge is 0.191 e. The molecule has 6 nitrogen and oxygen atoms in total. The normalized spacial score (nSPS) is 19.3. The zero-order chi connectivity index (χ0) is 20.3. The quantitative estimate of drug-likeness (QED) is 0.306. The van der Waals surface area contributed by atoms with Crippen LogP contribution >= 0.6 is 24.0 Å². The van der Waals surface area contributed by atoms with E-state index in [1.165, 1.54) is 50.0 Å². The van der Waals surface area contributed by atoms with Crippen LogP contribution in [0.15, 0.2) is 29.3 Å². The number of rotatable bonds is 8. The minimum atomic E-state index is 0. The molecule has 2 N–H and O–H groups in total. The molecule has 0 unspecified atom stereocenters. The SMILES string of the molecule is CCCN1CCC(NC(=NC)NCc2cccc(COC3CCOCC3)c2)CC1.I. The van der Waals surface area contributed by atoms with Crippen LogP contribution in [0.3, 0.4) is 0 Å². The molecule has 0 radical (unpaired) electrons. The van der Waals surface area contributed by atoms with Crippen LogP contribution in [-0.2, 0) is 22.6 Å². The summed E-state index contributed by atoms with van der Waals surface area (Å²) < 4.78 is 11.5. The van der Waals surface area contributed by atoms with Crippen molar-refractivity contribution in [3.63, 3.8) is 0 Å². The third kappa shape index (κ3) is 8.69. The summed E-state index contributed by atoms with van der Waals surface area (Å²) in [6.07, 6.45) is 5.93. The monoisotopic (exact) mass is 530 g/mol. The van der Waals surface area contributed by atoms with Gasteiger partial charge in [0.05, 0.1) is 12.7 Å². The fourth-order valence-electron chi connectivity index (χ4n) is 4.08. The van der Waals surface area contributed by atoms with Gasteiger partial charge in [0.15, 0.2) is 5.96 Å². The Labute approximate surface area is 199 Å². The molecule has 1 aromatic rings. The first-order chi connectivity index (χ1) is 14.3. The predicted molar refractivity (Wildman–Crippen MR) is 134 cm³/mol. The summed E-state index contributed by atoms with van der Waals surface area (Å²) in [4.78, 5) is 6.97. The maximum atomic E-state index is 6.06. The Morgan fingerprint density at radius 3 is 2.60 bits per heavy atom. The van der Waals surface area contributed by atoms with Crippen molar-refractivity contribution in [1.29, 1.82) is 0 Å². The topological polar surface area (TPSA) is 58.1 Å². The lowest BCUT2D eigenvalue weighted by molar-refractivity contribution is -0.0390. The number of piperidine rings is 1. The highest BCUT2D eigenvalue weighted by Gasteiger charge is 2.19. The van der Waals surface area contributed by atoms with Gasteiger partial charge in [-0.1, -0.05) is 31.2 Å². The van der Waals surface area contributed by atoms with Crippen LogP contribution in [0.2, 0.25) is 0 Å². The van der Waals surface area contributed by atoms with Gasteiger partial charge in [0, 0.05) is 45.9 Å². The summed E-state index contributed by atoms with van der Waals surface area (Å²) in [6.45, 7) is 8.89. The first-order valence-corrected chi connectivity index (χ1v) is 11.2. The molecule has 30 heavy (non-hydrogen) atoms. The van der Waals surface area contributed by atoms with Crippen molar-refractivity contribution in [1.82, 2.24) is 15.5 Å². The van der Waals surface area contributed by atoms with Gasteiger partial charge in [-0.05, 0) is 49.8 Å². The molecule has 0 aromatic heterocycles. The van der Waals surface area contributed by atoms with E-state index >= 15 is 0 Å². The highest BCUT2D eigenvalue weighted by atomic mass is 127. The Kier molecular flexibility index (Phi) is 12.0. The van der Waals surface area contributed by atoms with E-state index in [2.05, 4.69) is 51.7 Å². The highest BCUT2D eigenvalue weighted by Crippen LogP contribution is 2.14. The summed E-state index contributed by atoms with van der Waals surface area (Å²) in [5.74, 6) is 0.891. The van der Waals surface area contributed by atoms with Crippen molar-refractivity contribution in [2.45, 2.75) is 64.3 Å². The van der Waals surface area contributed by atoms with Gasteiger partial charge in [0.25, 0.3) is 0 Å². The Morgan fingerprint density at radius 2 is 1.90 bits per heavy atom. The third-order valence-electron chi connectivity index (χ3n) is 5.80. The van der Waals surface area contributed by atoms with E-state index in [1.807, 2.05) is 7.05 Å². The fraction of sp³-hybridized carbons (Fsp3) is 0.696. The molecule has 1 aromatic carbocycles. The lowest BCUT2D eigenvalue weighted by Crippen LogP contribution is -2.48. The molecule has 7 heteroatoms. The minimum Gasteiger partial charge on any atom is -0.381 e. The number of hydrogen-bond donors (Lipinski definition) is 2. The van der Waals surface area contributed by atoms with Crippen LogP contribution < -0.4 is 10.6 Å². The fourth-order valence-corrected chi connectivity index (χ4v) is 4.08. The van der Waals surface area contributed by atoms with Crippen LogP contribution in [0.1, 0.15) is 50.2 Å². The zero-order valence-corrected chi connectivity index (χ0v) is 20.9. The van der Waals surface area contributed by atoms with E-state index in [-0.39, 0.29) is 24.0 Å². The molecule has 0 bridgehead atoms. The summed E-state index contributed by atoms with van der Waals surface area (Å²) >= 11 is 0. The van der Waals surface area contributed by atoms with Crippen molar-refractivity contribution in [3.8, 4) is 0 Å². The second-order valence-electron chi connectivity index (χ2n) is 8.13. The third-order valence-corrected chi connectivity index (χ3v) is 5.80. The summed E-state index contributed by atoms with van der Waals surface area (Å²) in [6, 6.07) is 9.14. The lowest BCUT2D eigenvalue weighted by Gasteiger charge is -2.32. The molecule has 0 saturated carbocycles. The Bertz CT molecular complexity index is 629. The van der Waals surface area contributed by atoms with Crippen LogP contribution in [0.4, 0.5) is 0 Å². The maximum absolute atomic E-state index is 6.06. The minimum absolute atomic E-state index is 0. The maximum Gasteiger partial charge on any atom is 0.191 e. The first-order valence-electron chi connectivity index (χ1n) is 11.2. The average molecular weight is 530 g/mol. The molecule has 2 aliphatic rings.